The van der Waals surface area contributed by atoms with Gasteiger partial charge in [-0.1, -0.05) is 53.5 Å². The van der Waals surface area contributed by atoms with E-state index in [9.17, 15) is 5.11 Å². The van der Waals surface area contributed by atoms with Gasteiger partial charge < -0.3 is 20.9 Å². The van der Waals surface area contributed by atoms with Crippen molar-refractivity contribution in [2.24, 2.45) is 11.7 Å². The summed E-state index contributed by atoms with van der Waals surface area (Å²) in [5, 5.41) is 23.6. The molecular weight excluding hydrogens is 505 g/mol. The van der Waals surface area contributed by atoms with E-state index in [0.29, 0.717) is 21.4 Å². The second-order valence-corrected chi connectivity index (χ2v) is 10.5. The molecule has 4 aromatic rings. The van der Waals surface area contributed by atoms with E-state index in [1.165, 1.54) is 11.1 Å². The molecule has 0 amide bonds. The monoisotopic (exact) mass is 529 g/mol. The summed E-state index contributed by atoms with van der Waals surface area (Å²) in [6.45, 7) is 0. The molecule has 6 rings (SSSR count). The lowest BCUT2D eigenvalue weighted by atomic mass is 9.74. The third-order valence-electron chi connectivity index (χ3n) is 7.62. The highest BCUT2D eigenvalue weighted by atomic mass is 35.5. The number of halogens is 2. The van der Waals surface area contributed by atoms with Gasteiger partial charge in [-0.15, -0.1) is 0 Å². The highest BCUT2D eigenvalue weighted by Gasteiger charge is 2.44. The summed E-state index contributed by atoms with van der Waals surface area (Å²) < 4.78 is 5.53. The van der Waals surface area contributed by atoms with Crippen LogP contribution in [0.1, 0.15) is 39.8 Å². The van der Waals surface area contributed by atoms with E-state index in [0.717, 1.165) is 34.4 Å². The van der Waals surface area contributed by atoms with Crippen molar-refractivity contribution in [1.29, 1.82) is 5.41 Å². The molecule has 5 N–H and O–H groups in total. The first-order valence-corrected chi connectivity index (χ1v) is 12.8. The molecule has 0 fully saturated rings. The van der Waals surface area contributed by atoms with Crippen molar-refractivity contribution >= 4 is 34.7 Å². The standard InChI is InChI=1S/C30H25Cl2N3O2/c1-37-27-14-21(20(13-26(27)36)19-8-7-17(31)12-24(19)32)29-23-10-15-4-2-3-5-18(15)28(23)22-11-16(30(33)34)6-9-25(22)35-29/h2-9,11-14,23,28-29,35-36H,10H2,1H3,(H3,33,34). The zero-order valence-electron chi connectivity index (χ0n) is 20.1. The van der Waals surface area contributed by atoms with E-state index in [1.807, 2.05) is 30.3 Å². The number of benzene rings is 4. The average Bonchev–Trinajstić information content (AvgIpc) is 3.28. The molecule has 3 unspecified atom stereocenters. The van der Waals surface area contributed by atoms with E-state index >= 15 is 0 Å². The van der Waals surface area contributed by atoms with Crippen molar-refractivity contribution in [3.8, 4) is 22.6 Å². The number of rotatable bonds is 4. The van der Waals surface area contributed by atoms with E-state index in [4.69, 9.17) is 39.1 Å². The number of hydrogen-bond donors (Lipinski definition) is 4. The Hall–Kier alpha value is -3.67. The number of hydrogen-bond acceptors (Lipinski definition) is 4. The first kappa shape index (κ1) is 23.7. The van der Waals surface area contributed by atoms with E-state index in [1.54, 1.807) is 25.3 Å². The Morgan fingerprint density at radius 1 is 0.973 bits per heavy atom. The number of ether oxygens (including phenoxy) is 1. The maximum Gasteiger partial charge on any atom is 0.160 e. The van der Waals surface area contributed by atoms with Crippen molar-refractivity contribution in [2.75, 3.05) is 12.4 Å². The Balaban J connectivity index is 1.58. The van der Waals surface area contributed by atoms with E-state index in [2.05, 4.69) is 29.6 Å². The van der Waals surface area contributed by atoms with Crippen LogP contribution in [0.5, 0.6) is 11.5 Å². The number of amidine groups is 1. The molecule has 1 heterocycles. The van der Waals surface area contributed by atoms with Crippen LogP contribution in [0.15, 0.2) is 72.8 Å². The van der Waals surface area contributed by atoms with Gasteiger partial charge in [0, 0.05) is 32.8 Å². The number of phenols is 1. The van der Waals surface area contributed by atoms with Gasteiger partial charge in [0.2, 0.25) is 0 Å². The second kappa shape index (κ2) is 9.02. The predicted octanol–water partition coefficient (Wildman–Crippen LogP) is 7.13. The molecule has 0 bridgehead atoms. The lowest BCUT2D eigenvalue weighted by Gasteiger charge is -2.39. The topological polar surface area (TPSA) is 91.4 Å². The molecule has 0 aromatic heterocycles. The molecule has 0 saturated heterocycles. The Labute approximate surface area is 225 Å². The number of nitrogens with two attached hydrogens (primary N) is 1. The highest BCUT2D eigenvalue weighted by Crippen LogP contribution is 2.56. The lowest BCUT2D eigenvalue weighted by molar-refractivity contribution is 0.370. The van der Waals surface area contributed by atoms with Crippen LogP contribution in [-0.4, -0.2) is 18.1 Å². The minimum absolute atomic E-state index is 0.0424. The molecule has 7 heteroatoms. The molecule has 4 aromatic carbocycles. The van der Waals surface area contributed by atoms with Crippen molar-refractivity contribution in [3.63, 3.8) is 0 Å². The Morgan fingerprint density at radius 2 is 1.78 bits per heavy atom. The maximum atomic E-state index is 10.7. The lowest BCUT2D eigenvalue weighted by Crippen LogP contribution is -2.31. The molecule has 1 aliphatic heterocycles. The number of nitrogens with one attached hydrogen (secondary N) is 2. The SMILES string of the molecule is COc1cc(C2Nc3ccc(C(=N)N)cc3C3c4ccccc4CC23)c(-c2ccc(Cl)cc2Cl)cc1O. The van der Waals surface area contributed by atoms with Crippen LogP contribution in [0.25, 0.3) is 11.1 Å². The maximum absolute atomic E-state index is 10.7. The molecule has 0 spiro atoms. The molecule has 186 valence electrons. The highest BCUT2D eigenvalue weighted by molar-refractivity contribution is 6.36. The normalized spacial score (nSPS) is 19.4. The third-order valence-corrected chi connectivity index (χ3v) is 8.17. The number of phenolic OH excluding ortho intramolecular Hbond substituents is 1. The van der Waals surface area contributed by atoms with Crippen LogP contribution in [0.2, 0.25) is 10.0 Å². The summed E-state index contributed by atoms with van der Waals surface area (Å²) in [6.07, 6.45) is 0.874. The fourth-order valence-corrected chi connectivity index (χ4v) is 6.49. The number of anilines is 1. The van der Waals surface area contributed by atoms with Gasteiger partial charge in [0.05, 0.1) is 13.2 Å². The zero-order valence-corrected chi connectivity index (χ0v) is 21.6. The zero-order chi connectivity index (χ0) is 25.8. The molecule has 5 nitrogen and oxygen atoms in total. The summed E-state index contributed by atoms with van der Waals surface area (Å²) in [6, 6.07) is 23.4. The van der Waals surface area contributed by atoms with Crippen LogP contribution >= 0.6 is 23.2 Å². The summed E-state index contributed by atoms with van der Waals surface area (Å²) in [7, 11) is 1.55. The Kier molecular flexibility index (Phi) is 5.78. The quantitative estimate of drug-likeness (QED) is 0.167. The number of nitrogen functional groups attached to an aromatic ring is 1. The minimum Gasteiger partial charge on any atom is -0.504 e. The van der Waals surface area contributed by atoms with Crippen molar-refractivity contribution in [2.45, 2.75) is 18.4 Å². The van der Waals surface area contributed by atoms with Gasteiger partial charge in [-0.05, 0) is 82.6 Å². The summed E-state index contributed by atoms with van der Waals surface area (Å²) in [4.78, 5) is 0. The van der Waals surface area contributed by atoms with Crippen molar-refractivity contribution in [1.82, 2.24) is 0 Å². The van der Waals surface area contributed by atoms with Gasteiger partial charge in [-0.3, -0.25) is 5.41 Å². The largest absolute Gasteiger partial charge is 0.504 e. The van der Waals surface area contributed by atoms with Crippen molar-refractivity contribution < 1.29 is 9.84 Å². The van der Waals surface area contributed by atoms with Gasteiger partial charge in [0.15, 0.2) is 11.5 Å². The van der Waals surface area contributed by atoms with Gasteiger partial charge in [-0.25, -0.2) is 0 Å². The summed E-state index contributed by atoms with van der Waals surface area (Å²) >= 11 is 12.9. The summed E-state index contributed by atoms with van der Waals surface area (Å²) in [5.74, 6) is 0.781. The fourth-order valence-electron chi connectivity index (χ4n) is 5.98. The van der Waals surface area contributed by atoms with Crippen molar-refractivity contribution in [3.05, 3.63) is 111 Å². The molecule has 2 aliphatic rings. The predicted molar refractivity (Wildman–Crippen MR) is 149 cm³/mol. The Morgan fingerprint density at radius 3 is 2.54 bits per heavy atom. The summed E-state index contributed by atoms with van der Waals surface area (Å²) in [5.41, 5.74) is 13.9. The van der Waals surface area contributed by atoms with Gasteiger partial charge in [0.25, 0.3) is 0 Å². The molecule has 37 heavy (non-hydrogen) atoms. The Bertz CT molecular complexity index is 1570. The minimum atomic E-state index is -0.107. The van der Waals surface area contributed by atoms with Crippen LogP contribution in [0.3, 0.4) is 0 Å². The smallest absolute Gasteiger partial charge is 0.160 e. The molecule has 0 radical (unpaired) electrons. The van der Waals surface area contributed by atoms with E-state index in [-0.39, 0.29) is 29.5 Å². The number of methoxy groups -OCH3 is 1. The van der Waals surface area contributed by atoms with Gasteiger partial charge >= 0.3 is 0 Å². The van der Waals surface area contributed by atoms with Gasteiger partial charge in [0.1, 0.15) is 5.84 Å². The first-order valence-electron chi connectivity index (χ1n) is 12.0. The van der Waals surface area contributed by atoms with Crippen LogP contribution in [0, 0.1) is 11.3 Å². The number of fused-ring (bicyclic) bond motifs is 5. The molecular formula is C30H25Cl2N3O2. The fraction of sp³-hybridized carbons (Fsp3) is 0.167. The second-order valence-electron chi connectivity index (χ2n) is 9.62. The molecule has 1 aliphatic carbocycles. The van der Waals surface area contributed by atoms with E-state index < -0.39 is 0 Å². The molecule has 3 atom stereocenters. The average molecular weight is 530 g/mol. The van der Waals surface area contributed by atoms with Crippen LogP contribution < -0.4 is 15.8 Å². The first-order chi connectivity index (χ1) is 17.9. The number of aromatic hydroxyl groups is 1. The third kappa shape index (κ3) is 3.90. The molecule has 0 saturated carbocycles. The van der Waals surface area contributed by atoms with Crippen LogP contribution in [-0.2, 0) is 6.42 Å². The van der Waals surface area contributed by atoms with Gasteiger partial charge in [-0.2, -0.15) is 0 Å². The van der Waals surface area contributed by atoms with Crippen LogP contribution in [0.4, 0.5) is 5.69 Å².